The Morgan fingerprint density at radius 2 is 1.04 bits per heavy atom. The molecule has 2 aliphatic heterocycles. The third-order valence-corrected chi connectivity index (χ3v) is 5.27. The molecule has 2 N–H and O–H groups in total. The molecule has 8 heteroatoms. The van der Waals surface area contributed by atoms with Gasteiger partial charge in [0.15, 0.2) is 12.6 Å². The molecule has 0 amide bonds. The monoisotopic (exact) mass is 426 g/mol. The number of halogens is 2. The number of fused-ring (bicyclic) bond motifs is 1. The largest absolute Gasteiger partial charge is 0.388 e. The number of rotatable bonds is 2. The molecule has 2 fully saturated rings. The van der Waals surface area contributed by atoms with Gasteiger partial charge in [-0.1, -0.05) is 47.5 Å². The van der Waals surface area contributed by atoms with Crippen LogP contribution < -0.4 is 0 Å². The first-order valence-electron chi connectivity index (χ1n) is 8.92. The van der Waals surface area contributed by atoms with E-state index >= 15 is 0 Å². The molecule has 0 saturated carbocycles. The van der Waals surface area contributed by atoms with Gasteiger partial charge >= 0.3 is 0 Å². The topological polar surface area (TPSA) is 77.4 Å². The maximum Gasteiger partial charge on any atom is 0.184 e. The molecule has 0 bridgehead atoms. The van der Waals surface area contributed by atoms with Crippen molar-refractivity contribution in [3.8, 4) is 0 Å². The number of aliphatic hydroxyl groups excluding tert-OH is 2. The molecule has 2 heterocycles. The Labute approximate surface area is 172 Å². The normalized spacial score (nSPS) is 33.6. The van der Waals surface area contributed by atoms with Crippen molar-refractivity contribution in [3.63, 3.8) is 0 Å². The second kappa shape index (κ2) is 8.65. The van der Waals surface area contributed by atoms with Crippen molar-refractivity contribution < 1.29 is 29.2 Å². The molecule has 2 unspecified atom stereocenters. The van der Waals surface area contributed by atoms with Gasteiger partial charge in [0.05, 0.1) is 13.2 Å². The first-order chi connectivity index (χ1) is 13.5. The molecule has 0 aromatic heterocycles. The summed E-state index contributed by atoms with van der Waals surface area (Å²) in [5.41, 5.74) is 1.48. The van der Waals surface area contributed by atoms with Gasteiger partial charge in [0.25, 0.3) is 0 Å². The lowest BCUT2D eigenvalue weighted by molar-refractivity contribution is -0.183. The maximum absolute atomic E-state index is 10.6. The first-order valence-corrected chi connectivity index (χ1v) is 9.68. The summed E-state index contributed by atoms with van der Waals surface area (Å²) in [5, 5.41) is 22.4. The van der Waals surface area contributed by atoms with Gasteiger partial charge in [-0.05, 0) is 24.3 Å². The predicted octanol–water partition coefficient (Wildman–Crippen LogP) is 3.24. The van der Waals surface area contributed by atoms with E-state index in [9.17, 15) is 10.2 Å². The SMILES string of the molecule is O[C@@H]1COC(c2ccc(Cl)cc2)OC[C@H](O)[C@H]2OC(c3ccc(Cl)cc3)O[C@@H]21. The van der Waals surface area contributed by atoms with E-state index in [1.807, 2.05) is 0 Å². The Bertz CT molecular complexity index is 719. The molecule has 2 aromatic rings. The molecule has 6 nitrogen and oxygen atoms in total. The summed E-state index contributed by atoms with van der Waals surface area (Å²) in [6.07, 6.45) is -5.00. The molecular weight excluding hydrogens is 407 g/mol. The summed E-state index contributed by atoms with van der Waals surface area (Å²) in [6, 6.07) is 14.0. The Morgan fingerprint density at radius 3 is 1.46 bits per heavy atom. The lowest BCUT2D eigenvalue weighted by atomic mass is 10.0. The van der Waals surface area contributed by atoms with Gasteiger partial charge in [0.1, 0.15) is 24.4 Å². The fraction of sp³-hybridized carbons (Fsp3) is 0.400. The smallest absolute Gasteiger partial charge is 0.184 e. The van der Waals surface area contributed by atoms with Crippen LogP contribution >= 0.6 is 23.2 Å². The molecular formula is C20H20Cl2O6. The summed E-state index contributed by atoms with van der Waals surface area (Å²) in [6.45, 7) is -0.0875. The van der Waals surface area contributed by atoms with Gasteiger partial charge in [0.2, 0.25) is 0 Å². The number of hydrogen-bond acceptors (Lipinski definition) is 6. The van der Waals surface area contributed by atoms with Gasteiger partial charge in [-0.2, -0.15) is 0 Å². The highest BCUT2D eigenvalue weighted by Crippen LogP contribution is 2.36. The van der Waals surface area contributed by atoms with Crippen LogP contribution in [0.5, 0.6) is 0 Å². The van der Waals surface area contributed by atoms with Crippen LogP contribution in [0.4, 0.5) is 0 Å². The highest BCUT2D eigenvalue weighted by molar-refractivity contribution is 6.30. The van der Waals surface area contributed by atoms with Crippen LogP contribution in [0.15, 0.2) is 48.5 Å². The van der Waals surface area contributed by atoms with Crippen molar-refractivity contribution in [1.82, 2.24) is 0 Å². The van der Waals surface area contributed by atoms with E-state index in [1.165, 1.54) is 0 Å². The molecule has 6 atom stereocenters. The van der Waals surface area contributed by atoms with Crippen molar-refractivity contribution in [2.45, 2.75) is 37.0 Å². The zero-order valence-electron chi connectivity index (χ0n) is 14.8. The van der Waals surface area contributed by atoms with Crippen LogP contribution in [0.25, 0.3) is 0 Å². The van der Waals surface area contributed by atoms with E-state index < -0.39 is 37.0 Å². The standard InChI is InChI=1S/C20H20Cl2O6/c21-13-5-1-11(2-6-13)19-25-9-15(23)17-18(16(24)10-26-19)28-20(27-17)12-3-7-14(22)8-4-12/h1-8,15-20,23-24H,9-10H2/t15-,16+,17-,18-,19?,20?/m1/s1. The quantitative estimate of drug-likeness (QED) is 0.767. The van der Waals surface area contributed by atoms with Crippen LogP contribution in [0, 0.1) is 0 Å². The second-order valence-electron chi connectivity index (χ2n) is 6.77. The highest BCUT2D eigenvalue weighted by atomic mass is 35.5. The summed E-state index contributed by atoms with van der Waals surface area (Å²) >= 11 is 11.8. The first kappa shape index (κ1) is 20.1. The lowest BCUT2D eigenvalue weighted by Crippen LogP contribution is -2.44. The van der Waals surface area contributed by atoms with Crippen LogP contribution in [0.3, 0.4) is 0 Å². The molecule has 2 aromatic carbocycles. The highest BCUT2D eigenvalue weighted by Gasteiger charge is 2.46. The molecule has 4 rings (SSSR count). The summed E-state index contributed by atoms with van der Waals surface area (Å²) in [7, 11) is 0. The average molecular weight is 427 g/mol. The molecule has 0 aliphatic carbocycles. The third-order valence-electron chi connectivity index (χ3n) is 4.76. The van der Waals surface area contributed by atoms with Crippen molar-refractivity contribution in [3.05, 3.63) is 69.7 Å². The molecule has 0 radical (unpaired) electrons. The molecule has 150 valence electrons. The van der Waals surface area contributed by atoms with Crippen molar-refractivity contribution in [2.24, 2.45) is 0 Å². The van der Waals surface area contributed by atoms with Crippen molar-refractivity contribution in [1.29, 1.82) is 0 Å². The van der Waals surface area contributed by atoms with E-state index in [-0.39, 0.29) is 13.2 Å². The molecule has 28 heavy (non-hydrogen) atoms. The number of hydrogen-bond donors (Lipinski definition) is 2. The van der Waals surface area contributed by atoms with E-state index in [1.54, 1.807) is 48.5 Å². The Hall–Kier alpha value is -1.22. The Morgan fingerprint density at radius 1 is 0.643 bits per heavy atom. The Balaban J connectivity index is 1.49. The fourth-order valence-electron chi connectivity index (χ4n) is 3.29. The maximum atomic E-state index is 10.6. The van der Waals surface area contributed by atoms with Crippen LogP contribution in [-0.2, 0) is 18.9 Å². The van der Waals surface area contributed by atoms with Gasteiger partial charge in [-0.25, -0.2) is 0 Å². The minimum Gasteiger partial charge on any atom is -0.388 e. The molecule has 2 aliphatic rings. The minimum absolute atomic E-state index is 0.0438. The van der Waals surface area contributed by atoms with Crippen molar-refractivity contribution >= 4 is 23.2 Å². The fourth-order valence-corrected chi connectivity index (χ4v) is 3.54. The van der Waals surface area contributed by atoms with Crippen LogP contribution in [0.1, 0.15) is 23.7 Å². The number of aliphatic hydroxyl groups is 2. The van der Waals surface area contributed by atoms with E-state index in [0.29, 0.717) is 10.0 Å². The van der Waals surface area contributed by atoms with Crippen LogP contribution in [-0.4, -0.2) is 47.8 Å². The Kier molecular flexibility index (Phi) is 6.20. The van der Waals surface area contributed by atoms with E-state index in [4.69, 9.17) is 42.1 Å². The lowest BCUT2D eigenvalue weighted by Gasteiger charge is -2.23. The van der Waals surface area contributed by atoms with Gasteiger partial charge in [-0.15, -0.1) is 0 Å². The van der Waals surface area contributed by atoms with Crippen LogP contribution in [0.2, 0.25) is 10.0 Å². The predicted molar refractivity (Wildman–Crippen MR) is 102 cm³/mol. The minimum atomic E-state index is -1.01. The zero-order chi connectivity index (χ0) is 19.7. The second-order valence-corrected chi connectivity index (χ2v) is 7.64. The van der Waals surface area contributed by atoms with E-state index in [0.717, 1.165) is 11.1 Å². The summed E-state index contributed by atoms with van der Waals surface area (Å²) < 4.78 is 23.3. The zero-order valence-corrected chi connectivity index (χ0v) is 16.3. The van der Waals surface area contributed by atoms with Gasteiger partial charge in [0, 0.05) is 21.2 Å². The molecule has 0 spiro atoms. The average Bonchev–Trinajstić information content (AvgIpc) is 3.15. The van der Waals surface area contributed by atoms with Crippen molar-refractivity contribution in [2.75, 3.05) is 13.2 Å². The van der Waals surface area contributed by atoms with Gasteiger partial charge < -0.3 is 29.2 Å². The molecule has 2 saturated heterocycles. The third kappa shape index (κ3) is 4.35. The summed E-state index contributed by atoms with van der Waals surface area (Å²) in [5.74, 6) is 0. The van der Waals surface area contributed by atoms with E-state index in [2.05, 4.69) is 0 Å². The number of ether oxygens (including phenoxy) is 4. The van der Waals surface area contributed by atoms with Gasteiger partial charge in [-0.3, -0.25) is 0 Å². The number of benzene rings is 2. The summed E-state index contributed by atoms with van der Waals surface area (Å²) in [4.78, 5) is 0.